The van der Waals surface area contributed by atoms with Gasteiger partial charge in [0.15, 0.2) is 0 Å². The Bertz CT molecular complexity index is 172. The molecule has 0 fully saturated rings. The van der Waals surface area contributed by atoms with E-state index in [-0.39, 0.29) is 5.91 Å². The number of amides is 1. The highest BCUT2D eigenvalue weighted by atomic mass is 16.5. The van der Waals surface area contributed by atoms with Gasteiger partial charge in [-0.05, 0) is 19.8 Å². The molecule has 0 aromatic rings. The van der Waals surface area contributed by atoms with Crippen LogP contribution in [0.2, 0.25) is 0 Å². The summed E-state index contributed by atoms with van der Waals surface area (Å²) in [5, 5.41) is 2.73. The van der Waals surface area contributed by atoms with Gasteiger partial charge in [-0.15, -0.1) is 6.58 Å². The second kappa shape index (κ2) is 8.72. The zero-order chi connectivity index (χ0) is 10.8. The first kappa shape index (κ1) is 13.1. The first-order chi connectivity index (χ1) is 6.72. The Morgan fingerprint density at radius 2 is 2.43 bits per heavy atom. The van der Waals surface area contributed by atoms with E-state index in [1.807, 2.05) is 6.92 Å². The fourth-order valence-corrected chi connectivity index (χ4v) is 0.948. The molecule has 1 atom stereocenters. The van der Waals surface area contributed by atoms with E-state index in [4.69, 9.17) is 10.5 Å². The molecule has 0 aliphatic rings. The summed E-state index contributed by atoms with van der Waals surface area (Å²) < 4.78 is 5.12. The third-order valence-electron chi connectivity index (χ3n) is 1.73. The van der Waals surface area contributed by atoms with Gasteiger partial charge in [0.25, 0.3) is 0 Å². The Morgan fingerprint density at radius 3 is 3.00 bits per heavy atom. The van der Waals surface area contributed by atoms with E-state index < -0.39 is 6.04 Å². The molecule has 82 valence electrons. The van der Waals surface area contributed by atoms with E-state index in [9.17, 15) is 4.79 Å². The molecule has 0 saturated carbocycles. The van der Waals surface area contributed by atoms with Gasteiger partial charge in [0.05, 0.1) is 6.04 Å². The smallest absolute Gasteiger partial charge is 0.237 e. The molecule has 4 nitrogen and oxygen atoms in total. The number of hydrogen-bond acceptors (Lipinski definition) is 3. The highest BCUT2D eigenvalue weighted by molar-refractivity contribution is 5.81. The van der Waals surface area contributed by atoms with Crippen molar-refractivity contribution in [3.63, 3.8) is 0 Å². The molecule has 0 aliphatic heterocycles. The summed E-state index contributed by atoms with van der Waals surface area (Å²) in [6.07, 6.45) is 2.97. The van der Waals surface area contributed by atoms with Crippen molar-refractivity contribution in [3.8, 4) is 0 Å². The maximum absolute atomic E-state index is 11.2. The second-order valence-corrected chi connectivity index (χ2v) is 2.97. The molecule has 0 saturated heterocycles. The summed E-state index contributed by atoms with van der Waals surface area (Å²) in [7, 11) is 0. The topological polar surface area (TPSA) is 64.4 Å². The van der Waals surface area contributed by atoms with E-state index in [2.05, 4.69) is 11.9 Å². The summed E-state index contributed by atoms with van der Waals surface area (Å²) in [4.78, 5) is 11.2. The average molecular weight is 200 g/mol. The lowest BCUT2D eigenvalue weighted by Gasteiger charge is -2.09. The third-order valence-corrected chi connectivity index (χ3v) is 1.73. The van der Waals surface area contributed by atoms with Crippen LogP contribution in [-0.4, -0.2) is 31.7 Å². The quantitative estimate of drug-likeness (QED) is 0.441. The SMILES string of the molecule is C=CCC(N)C(=O)NCCCOCC. The van der Waals surface area contributed by atoms with E-state index >= 15 is 0 Å². The van der Waals surface area contributed by atoms with Gasteiger partial charge in [-0.1, -0.05) is 6.08 Å². The monoisotopic (exact) mass is 200 g/mol. The number of carbonyl (C=O) groups is 1. The van der Waals surface area contributed by atoms with Crippen LogP contribution in [0, 0.1) is 0 Å². The van der Waals surface area contributed by atoms with Crippen LogP contribution in [0.4, 0.5) is 0 Å². The van der Waals surface area contributed by atoms with Crippen LogP contribution in [0.1, 0.15) is 19.8 Å². The number of hydrogen-bond donors (Lipinski definition) is 2. The van der Waals surface area contributed by atoms with Gasteiger partial charge in [0.2, 0.25) is 5.91 Å². The first-order valence-electron chi connectivity index (χ1n) is 4.94. The van der Waals surface area contributed by atoms with Gasteiger partial charge >= 0.3 is 0 Å². The van der Waals surface area contributed by atoms with Crippen LogP contribution in [0.5, 0.6) is 0 Å². The van der Waals surface area contributed by atoms with Gasteiger partial charge in [0.1, 0.15) is 0 Å². The third kappa shape index (κ3) is 6.62. The average Bonchev–Trinajstić information content (AvgIpc) is 2.17. The van der Waals surface area contributed by atoms with Crippen molar-refractivity contribution in [3.05, 3.63) is 12.7 Å². The van der Waals surface area contributed by atoms with Crippen molar-refractivity contribution in [2.45, 2.75) is 25.8 Å². The van der Waals surface area contributed by atoms with E-state index in [1.165, 1.54) is 0 Å². The standard InChI is InChI=1S/C10H20N2O2/c1-3-6-9(11)10(13)12-7-5-8-14-4-2/h3,9H,1,4-8,11H2,2H3,(H,12,13). The van der Waals surface area contributed by atoms with Crippen molar-refractivity contribution in [1.29, 1.82) is 0 Å². The summed E-state index contributed by atoms with van der Waals surface area (Å²) in [5.74, 6) is -0.124. The van der Waals surface area contributed by atoms with Gasteiger partial charge in [-0.25, -0.2) is 0 Å². The second-order valence-electron chi connectivity index (χ2n) is 2.97. The van der Waals surface area contributed by atoms with Gasteiger partial charge in [0, 0.05) is 19.8 Å². The van der Waals surface area contributed by atoms with Crippen LogP contribution in [0.3, 0.4) is 0 Å². The minimum Gasteiger partial charge on any atom is -0.382 e. The Labute approximate surface area is 85.5 Å². The summed E-state index contributed by atoms with van der Waals surface area (Å²) in [6, 6.07) is -0.473. The zero-order valence-corrected chi connectivity index (χ0v) is 8.79. The molecule has 3 N–H and O–H groups in total. The normalized spacial score (nSPS) is 12.1. The van der Waals surface area contributed by atoms with Crippen molar-refractivity contribution >= 4 is 5.91 Å². The Balaban J connectivity index is 3.38. The lowest BCUT2D eigenvalue weighted by molar-refractivity contribution is -0.122. The number of nitrogens with two attached hydrogens (primary N) is 1. The molecule has 0 aromatic carbocycles. The predicted octanol–water partition coefficient (Wildman–Crippen LogP) is 0.433. The van der Waals surface area contributed by atoms with E-state index in [1.54, 1.807) is 6.08 Å². The molecule has 0 radical (unpaired) electrons. The maximum Gasteiger partial charge on any atom is 0.237 e. The van der Waals surface area contributed by atoms with Crippen molar-refractivity contribution < 1.29 is 9.53 Å². The summed E-state index contributed by atoms with van der Waals surface area (Å²) >= 11 is 0. The Hall–Kier alpha value is -0.870. The molecule has 1 amide bonds. The number of carbonyl (C=O) groups excluding carboxylic acids is 1. The van der Waals surface area contributed by atoms with Crippen molar-refractivity contribution in [1.82, 2.24) is 5.32 Å². The van der Waals surface area contributed by atoms with Gasteiger partial charge in [-0.2, -0.15) is 0 Å². The van der Waals surface area contributed by atoms with Crippen LogP contribution in [0.15, 0.2) is 12.7 Å². The maximum atomic E-state index is 11.2. The lowest BCUT2D eigenvalue weighted by Crippen LogP contribution is -2.40. The molecule has 14 heavy (non-hydrogen) atoms. The number of nitrogens with one attached hydrogen (secondary N) is 1. The predicted molar refractivity (Wildman–Crippen MR) is 56.9 cm³/mol. The minimum atomic E-state index is -0.473. The van der Waals surface area contributed by atoms with E-state index in [0.29, 0.717) is 26.2 Å². The highest BCUT2D eigenvalue weighted by Crippen LogP contribution is 1.89. The minimum absolute atomic E-state index is 0.124. The molecule has 0 bridgehead atoms. The highest BCUT2D eigenvalue weighted by Gasteiger charge is 2.09. The van der Waals surface area contributed by atoms with Crippen LogP contribution in [0.25, 0.3) is 0 Å². The van der Waals surface area contributed by atoms with E-state index in [0.717, 1.165) is 6.42 Å². The van der Waals surface area contributed by atoms with Crippen LogP contribution < -0.4 is 11.1 Å². The summed E-state index contributed by atoms with van der Waals surface area (Å²) in [5.41, 5.74) is 5.55. The molecule has 0 heterocycles. The lowest BCUT2D eigenvalue weighted by atomic mass is 10.2. The zero-order valence-electron chi connectivity index (χ0n) is 8.79. The molecule has 0 aliphatic carbocycles. The van der Waals surface area contributed by atoms with Gasteiger partial charge < -0.3 is 15.8 Å². The fraction of sp³-hybridized carbons (Fsp3) is 0.700. The number of ether oxygens (including phenoxy) is 1. The molecular formula is C10H20N2O2. The molecule has 0 rings (SSSR count). The largest absolute Gasteiger partial charge is 0.382 e. The Kier molecular flexibility index (Phi) is 8.17. The van der Waals surface area contributed by atoms with Gasteiger partial charge in [-0.3, -0.25) is 4.79 Å². The fourth-order valence-electron chi connectivity index (χ4n) is 0.948. The van der Waals surface area contributed by atoms with Crippen LogP contribution >= 0.6 is 0 Å². The number of rotatable bonds is 8. The molecule has 4 heteroatoms. The molecule has 0 aromatic heterocycles. The first-order valence-corrected chi connectivity index (χ1v) is 4.94. The Morgan fingerprint density at radius 1 is 1.71 bits per heavy atom. The van der Waals surface area contributed by atoms with Crippen molar-refractivity contribution in [2.75, 3.05) is 19.8 Å². The van der Waals surface area contributed by atoms with Crippen molar-refractivity contribution in [2.24, 2.45) is 5.73 Å². The summed E-state index contributed by atoms with van der Waals surface area (Å²) in [6.45, 7) is 7.47. The van der Waals surface area contributed by atoms with Crippen LogP contribution in [-0.2, 0) is 9.53 Å². The molecular weight excluding hydrogens is 180 g/mol. The molecule has 0 spiro atoms. The molecule has 1 unspecified atom stereocenters.